The molecule has 1 aromatic rings. The largest absolute Gasteiger partial charge is 0.399 e. The van der Waals surface area contributed by atoms with Crippen molar-refractivity contribution in [2.24, 2.45) is 0 Å². The highest BCUT2D eigenvalue weighted by atomic mass is 32.1. The van der Waals surface area contributed by atoms with E-state index in [0.29, 0.717) is 0 Å². The third kappa shape index (κ3) is 5.66. The Morgan fingerprint density at radius 3 is 2.18 bits per heavy atom. The standard InChI is InChI=1S/C6H7NS.CH2F2/c7-5-2-1-3-6(8)4-5;2-1-3/h1-4,8H,7H2;1H2. The van der Waals surface area contributed by atoms with Gasteiger partial charge in [0.05, 0.1) is 0 Å². The van der Waals surface area contributed by atoms with Crippen LogP contribution in [0.2, 0.25) is 0 Å². The first-order valence-corrected chi connectivity index (χ1v) is 3.32. The second-order valence-electron chi connectivity index (χ2n) is 1.70. The maximum atomic E-state index is 9.62. The molecule has 2 N–H and O–H groups in total. The molecule has 0 fully saturated rings. The molecule has 0 saturated heterocycles. The first-order valence-electron chi connectivity index (χ1n) is 2.87. The number of halogens is 2. The van der Waals surface area contributed by atoms with Crippen LogP contribution in [0.15, 0.2) is 29.2 Å². The molecule has 0 saturated carbocycles. The van der Waals surface area contributed by atoms with Crippen LogP contribution in [0, 0.1) is 0 Å². The van der Waals surface area contributed by atoms with Crippen LogP contribution < -0.4 is 5.73 Å². The highest BCUT2D eigenvalue weighted by molar-refractivity contribution is 7.80. The molecule has 0 spiro atoms. The van der Waals surface area contributed by atoms with Gasteiger partial charge in [-0.25, -0.2) is 8.78 Å². The quantitative estimate of drug-likeness (QED) is 0.462. The van der Waals surface area contributed by atoms with Crippen LogP contribution >= 0.6 is 12.6 Å². The zero-order valence-corrected chi connectivity index (χ0v) is 6.69. The van der Waals surface area contributed by atoms with Gasteiger partial charge in [0.25, 0.3) is 0 Å². The van der Waals surface area contributed by atoms with Crippen molar-refractivity contribution < 1.29 is 8.78 Å². The van der Waals surface area contributed by atoms with Gasteiger partial charge in [-0.2, -0.15) is 0 Å². The van der Waals surface area contributed by atoms with Gasteiger partial charge in [-0.3, -0.25) is 0 Å². The van der Waals surface area contributed by atoms with E-state index < -0.39 is 6.93 Å². The minimum absolute atomic E-state index is 0.762. The van der Waals surface area contributed by atoms with Crippen LogP contribution in [0.25, 0.3) is 0 Å². The van der Waals surface area contributed by atoms with E-state index in [4.69, 9.17) is 5.73 Å². The van der Waals surface area contributed by atoms with Crippen molar-refractivity contribution in [1.29, 1.82) is 0 Å². The number of nitrogens with two attached hydrogens (primary N) is 1. The molecule has 0 aliphatic carbocycles. The van der Waals surface area contributed by atoms with Gasteiger partial charge in [-0.15, -0.1) is 12.6 Å². The first kappa shape index (κ1) is 10.2. The van der Waals surface area contributed by atoms with Gasteiger partial charge in [0.2, 0.25) is 6.93 Å². The number of thiol groups is 1. The normalized spacial score (nSPS) is 8.27. The molecule has 0 bridgehead atoms. The van der Waals surface area contributed by atoms with Crippen molar-refractivity contribution in [3.05, 3.63) is 24.3 Å². The summed E-state index contributed by atoms with van der Waals surface area (Å²) in [6, 6.07) is 7.40. The number of benzene rings is 1. The maximum Gasteiger partial charge on any atom is 0.229 e. The van der Waals surface area contributed by atoms with Gasteiger partial charge in [0.15, 0.2) is 0 Å². The molecule has 0 atom stereocenters. The highest BCUT2D eigenvalue weighted by Gasteiger charge is 1.82. The Labute approximate surface area is 69.6 Å². The van der Waals surface area contributed by atoms with Gasteiger partial charge >= 0.3 is 0 Å². The molecular weight excluding hydrogens is 168 g/mol. The molecule has 11 heavy (non-hydrogen) atoms. The van der Waals surface area contributed by atoms with Crippen molar-refractivity contribution in [1.82, 2.24) is 0 Å². The fraction of sp³-hybridized carbons (Fsp3) is 0.143. The van der Waals surface area contributed by atoms with Crippen LogP contribution in [0.5, 0.6) is 0 Å². The lowest BCUT2D eigenvalue weighted by molar-refractivity contribution is 0.295. The predicted molar refractivity (Wildman–Crippen MR) is 45.2 cm³/mol. The van der Waals surface area contributed by atoms with E-state index in [-0.39, 0.29) is 0 Å². The number of hydrogen-bond acceptors (Lipinski definition) is 2. The lowest BCUT2D eigenvalue weighted by Crippen LogP contribution is -1.81. The Kier molecular flexibility index (Phi) is 5.56. The first-order chi connectivity index (χ1) is 5.20. The average molecular weight is 177 g/mol. The summed E-state index contributed by atoms with van der Waals surface area (Å²) in [5.41, 5.74) is 6.17. The van der Waals surface area contributed by atoms with Crippen LogP contribution in [-0.2, 0) is 0 Å². The summed E-state index contributed by atoms with van der Waals surface area (Å²) in [7, 11) is 0. The van der Waals surface area contributed by atoms with Crippen molar-refractivity contribution >= 4 is 18.3 Å². The van der Waals surface area contributed by atoms with E-state index in [0.717, 1.165) is 10.6 Å². The van der Waals surface area contributed by atoms with Crippen molar-refractivity contribution in [3.8, 4) is 0 Å². The van der Waals surface area contributed by atoms with E-state index >= 15 is 0 Å². The predicted octanol–water partition coefficient (Wildman–Crippen LogP) is 2.44. The van der Waals surface area contributed by atoms with E-state index in [9.17, 15) is 8.78 Å². The van der Waals surface area contributed by atoms with E-state index in [1.54, 1.807) is 0 Å². The Hall–Kier alpha value is -0.770. The molecule has 4 heteroatoms. The van der Waals surface area contributed by atoms with Crippen LogP contribution in [-0.4, -0.2) is 6.93 Å². The minimum atomic E-state index is -1.75. The summed E-state index contributed by atoms with van der Waals surface area (Å²) in [4.78, 5) is 0.907. The minimum Gasteiger partial charge on any atom is -0.399 e. The molecule has 0 heterocycles. The molecule has 1 aromatic carbocycles. The molecular formula is C7H9F2NS. The van der Waals surface area contributed by atoms with Crippen molar-refractivity contribution in [3.63, 3.8) is 0 Å². The third-order valence-electron chi connectivity index (χ3n) is 0.870. The number of hydrogen-bond donors (Lipinski definition) is 2. The summed E-state index contributed by atoms with van der Waals surface area (Å²) in [5.74, 6) is 0. The Morgan fingerprint density at radius 2 is 1.91 bits per heavy atom. The number of rotatable bonds is 0. The molecule has 1 nitrogen and oxygen atoms in total. The van der Waals surface area contributed by atoms with Crippen molar-refractivity contribution in [2.75, 3.05) is 12.7 Å². The van der Waals surface area contributed by atoms with Gasteiger partial charge in [-0.1, -0.05) is 6.07 Å². The summed E-state index contributed by atoms with van der Waals surface area (Å²) in [6.45, 7) is -1.75. The number of anilines is 1. The van der Waals surface area contributed by atoms with Gasteiger partial charge in [0, 0.05) is 10.6 Å². The Morgan fingerprint density at radius 1 is 1.36 bits per heavy atom. The molecule has 0 amide bonds. The lowest BCUT2D eigenvalue weighted by atomic mass is 10.3. The Bertz CT molecular complexity index is 188. The number of nitrogen functional groups attached to an aromatic ring is 1. The molecule has 0 aromatic heterocycles. The van der Waals surface area contributed by atoms with Crippen LogP contribution in [0.4, 0.5) is 14.5 Å². The molecule has 0 aliphatic heterocycles. The third-order valence-corrected chi connectivity index (χ3v) is 1.15. The van der Waals surface area contributed by atoms with Crippen LogP contribution in [0.1, 0.15) is 0 Å². The summed E-state index contributed by atoms with van der Waals surface area (Å²) in [5, 5.41) is 0. The monoisotopic (exact) mass is 177 g/mol. The van der Waals surface area contributed by atoms with Gasteiger partial charge < -0.3 is 5.73 Å². The fourth-order valence-corrected chi connectivity index (χ4v) is 0.760. The summed E-state index contributed by atoms with van der Waals surface area (Å²) in [6.07, 6.45) is 0. The fourth-order valence-electron chi connectivity index (χ4n) is 0.525. The smallest absolute Gasteiger partial charge is 0.229 e. The molecule has 0 aliphatic rings. The zero-order chi connectivity index (χ0) is 8.69. The molecule has 0 radical (unpaired) electrons. The lowest BCUT2D eigenvalue weighted by Gasteiger charge is -1.90. The van der Waals surface area contributed by atoms with Gasteiger partial charge in [0.1, 0.15) is 0 Å². The zero-order valence-electron chi connectivity index (χ0n) is 5.80. The second-order valence-corrected chi connectivity index (χ2v) is 2.21. The highest BCUT2D eigenvalue weighted by Crippen LogP contribution is 2.08. The maximum absolute atomic E-state index is 9.62. The summed E-state index contributed by atoms with van der Waals surface area (Å²) < 4.78 is 19.2. The molecule has 0 unspecified atom stereocenters. The Balaban J connectivity index is 0.000000292. The van der Waals surface area contributed by atoms with E-state index in [2.05, 4.69) is 12.6 Å². The van der Waals surface area contributed by atoms with E-state index in [1.165, 1.54) is 0 Å². The average Bonchev–Trinajstić information content (AvgIpc) is 1.88. The molecule has 62 valence electrons. The number of alkyl halides is 2. The van der Waals surface area contributed by atoms with Crippen LogP contribution in [0.3, 0.4) is 0 Å². The van der Waals surface area contributed by atoms with Gasteiger partial charge in [-0.05, 0) is 18.2 Å². The SMILES string of the molecule is FCF.Nc1cccc(S)c1. The molecule has 1 rings (SSSR count). The van der Waals surface area contributed by atoms with E-state index in [1.807, 2.05) is 24.3 Å². The van der Waals surface area contributed by atoms with Crippen molar-refractivity contribution in [2.45, 2.75) is 4.90 Å². The summed E-state index contributed by atoms with van der Waals surface area (Å²) >= 11 is 4.07. The topological polar surface area (TPSA) is 26.0 Å². The second kappa shape index (κ2) is 5.97.